The van der Waals surface area contributed by atoms with Crippen molar-refractivity contribution in [3.05, 3.63) is 22.8 Å². The molecule has 0 aliphatic heterocycles. The molecule has 0 aliphatic carbocycles. The van der Waals surface area contributed by atoms with Gasteiger partial charge in [0.25, 0.3) is 0 Å². The molecule has 0 spiro atoms. The highest BCUT2D eigenvalue weighted by Gasteiger charge is 2.15. The molecular weight excluding hydrogens is 286 g/mol. The van der Waals surface area contributed by atoms with E-state index in [1.807, 2.05) is 26.8 Å². The van der Waals surface area contributed by atoms with Crippen molar-refractivity contribution in [3.63, 3.8) is 0 Å². The standard InChI is InChI=1S/C15H19N3O4/c1-8-7-11(9(2)10(3)12(8)19-4)22-15-17-13(20-5)16-14(18-15)21-6/h7H,1-6H3. The number of aromatic nitrogens is 3. The molecule has 1 aromatic carbocycles. The Bertz CT molecular complexity index is 667. The predicted octanol–water partition coefficient (Wildman–Crippen LogP) is 2.61. The minimum absolute atomic E-state index is 0.107. The van der Waals surface area contributed by atoms with Crippen molar-refractivity contribution in [2.24, 2.45) is 0 Å². The van der Waals surface area contributed by atoms with Gasteiger partial charge >= 0.3 is 18.0 Å². The van der Waals surface area contributed by atoms with E-state index in [-0.39, 0.29) is 18.0 Å². The van der Waals surface area contributed by atoms with Crippen molar-refractivity contribution in [1.82, 2.24) is 15.0 Å². The van der Waals surface area contributed by atoms with Crippen LogP contribution in [0, 0.1) is 20.8 Å². The molecule has 118 valence electrons. The van der Waals surface area contributed by atoms with E-state index in [4.69, 9.17) is 18.9 Å². The minimum Gasteiger partial charge on any atom is -0.496 e. The summed E-state index contributed by atoms with van der Waals surface area (Å²) < 4.78 is 21.2. The van der Waals surface area contributed by atoms with Crippen LogP contribution in [0.1, 0.15) is 16.7 Å². The largest absolute Gasteiger partial charge is 0.496 e. The average molecular weight is 305 g/mol. The molecule has 0 fully saturated rings. The smallest absolute Gasteiger partial charge is 0.331 e. The summed E-state index contributed by atoms with van der Waals surface area (Å²) >= 11 is 0. The third kappa shape index (κ3) is 3.03. The molecule has 0 atom stereocenters. The molecule has 1 aromatic heterocycles. The maximum absolute atomic E-state index is 5.78. The Morgan fingerprint density at radius 1 is 0.727 bits per heavy atom. The fraction of sp³-hybridized carbons (Fsp3) is 0.400. The maximum Gasteiger partial charge on any atom is 0.331 e. The van der Waals surface area contributed by atoms with Crippen LogP contribution in [0.4, 0.5) is 0 Å². The molecule has 0 bridgehead atoms. The van der Waals surface area contributed by atoms with E-state index in [9.17, 15) is 0 Å². The lowest BCUT2D eigenvalue weighted by Crippen LogP contribution is -2.03. The third-order valence-corrected chi connectivity index (χ3v) is 3.32. The van der Waals surface area contributed by atoms with Gasteiger partial charge in [-0.15, -0.1) is 15.0 Å². The van der Waals surface area contributed by atoms with Crippen LogP contribution in [0.3, 0.4) is 0 Å². The fourth-order valence-corrected chi connectivity index (χ4v) is 2.09. The van der Waals surface area contributed by atoms with Gasteiger partial charge in [0, 0.05) is 0 Å². The van der Waals surface area contributed by atoms with E-state index in [0.29, 0.717) is 5.75 Å². The number of benzene rings is 1. The first-order chi connectivity index (χ1) is 10.5. The van der Waals surface area contributed by atoms with Crippen LogP contribution < -0.4 is 18.9 Å². The Morgan fingerprint density at radius 2 is 1.27 bits per heavy atom. The molecule has 2 aromatic rings. The molecule has 1 heterocycles. The Balaban J connectivity index is 2.43. The summed E-state index contributed by atoms with van der Waals surface area (Å²) in [5.41, 5.74) is 2.92. The number of aryl methyl sites for hydroxylation is 1. The number of hydrogen-bond acceptors (Lipinski definition) is 7. The zero-order valence-electron chi connectivity index (χ0n) is 13.6. The Morgan fingerprint density at radius 3 is 1.77 bits per heavy atom. The SMILES string of the molecule is COc1nc(OC)nc(Oc2cc(C)c(OC)c(C)c2C)n1. The van der Waals surface area contributed by atoms with Crippen molar-refractivity contribution in [2.45, 2.75) is 20.8 Å². The lowest BCUT2D eigenvalue weighted by atomic mass is 10.0. The van der Waals surface area contributed by atoms with Gasteiger partial charge in [0.05, 0.1) is 21.3 Å². The lowest BCUT2D eigenvalue weighted by Gasteiger charge is -2.15. The summed E-state index contributed by atoms with van der Waals surface area (Å²) in [4.78, 5) is 12.1. The monoisotopic (exact) mass is 305 g/mol. The predicted molar refractivity (Wildman–Crippen MR) is 80.2 cm³/mol. The second-order valence-electron chi connectivity index (χ2n) is 4.67. The fourth-order valence-electron chi connectivity index (χ4n) is 2.09. The molecular formula is C15H19N3O4. The van der Waals surface area contributed by atoms with Gasteiger partial charge in [0.2, 0.25) is 0 Å². The second kappa shape index (κ2) is 6.46. The molecule has 2 rings (SSSR count). The zero-order valence-corrected chi connectivity index (χ0v) is 13.6. The van der Waals surface area contributed by atoms with Crippen LogP contribution in [-0.2, 0) is 0 Å². The number of ether oxygens (including phenoxy) is 4. The molecule has 0 aliphatic rings. The van der Waals surface area contributed by atoms with Crippen molar-refractivity contribution in [1.29, 1.82) is 0 Å². The van der Waals surface area contributed by atoms with E-state index in [0.717, 1.165) is 22.4 Å². The molecule has 0 saturated carbocycles. The quantitative estimate of drug-likeness (QED) is 0.840. The molecule has 7 heteroatoms. The third-order valence-electron chi connectivity index (χ3n) is 3.32. The lowest BCUT2D eigenvalue weighted by molar-refractivity contribution is 0.319. The Labute approximate surface area is 129 Å². The summed E-state index contributed by atoms with van der Waals surface area (Å²) in [5.74, 6) is 1.49. The van der Waals surface area contributed by atoms with Gasteiger partial charge in [-0.2, -0.15) is 0 Å². The van der Waals surface area contributed by atoms with Gasteiger partial charge in [-0.25, -0.2) is 0 Å². The van der Waals surface area contributed by atoms with Gasteiger partial charge < -0.3 is 18.9 Å². The van der Waals surface area contributed by atoms with Crippen LogP contribution in [0.2, 0.25) is 0 Å². The van der Waals surface area contributed by atoms with E-state index < -0.39 is 0 Å². The molecule has 7 nitrogen and oxygen atoms in total. The Kier molecular flexibility index (Phi) is 4.65. The van der Waals surface area contributed by atoms with Crippen LogP contribution in [0.15, 0.2) is 6.07 Å². The van der Waals surface area contributed by atoms with E-state index >= 15 is 0 Å². The molecule has 0 radical (unpaired) electrons. The van der Waals surface area contributed by atoms with Crippen LogP contribution in [0.25, 0.3) is 0 Å². The summed E-state index contributed by atoms with van der Waals surface area (Å²) in [7, 11) is 4.58. The van der Waals surface area contributed by atoms with E-state index in [1.54, 1.807) is 7.11 Å². The highest BCUT2D eigenvalue weighted by molar-refractivity contribution is 5.52. The van der Waals surface area contributed by atoms with Crippen LogP contribution in [-0.4, -0.2) is 36.3 Å². The first-order valence-corrected chi connectivity index (χ1v) is 6.66. The number of hydrogen-bond donors (Lipinski definition) is 0. The number of rotatable bonds is 5. The number of methoxy groups -OCH3 is 3. The van der Waals surface area contributed by atoms with E-state index in [2.05, 4.69) is 15.0 Å². The van der Waals surface area contributed by atoms with Crippen LogP contribution >= 0.6 is 0 Å². The van der Waals surface area contributed by atoms with Crippen molar-refractivity contribution in [3.8, 4) is 29.5 Å². The highest BCUT2D eigenvalue weighted by atomic mass is 16.5. The van der Waals surface area contributed by atoms with E-state index in [1.165, 1.54) is 14.2 Å². The molecule has 0 N–H and O–H groups in total. The van der Waals surface area contributed by atoms with Crippen molar-refractivity contribution < 1.29 is 18.9 Å². The molecule has 22 heavy (non-hydrogen) atoms. The maximum atomic E-state index is 5.78. The molecule has 0 unspecified atom stereocenters. The van der Waals surface area contributed by atoms with Gasteiger partial charge in [-0.1, -0.05) is 0 Å². The van der Waals surface area contributed by atoms with Gasteiger partial charge in [0.1, 0.15) is 11.5 Å². The van der Waals surface area contributed by atoms with Crippen molar-refractivity contribution in [2.75, 3.05) is 21.3 Å². The first-order valence-electron chi connectivity index (χ1n) is 6.66. The van der Waals surface area contributed by atoms with Gasteiger partial charge in [0.15, 0.2) is 0 Å². The van der Waals surface area contributed by atoms with Gasteiger partial charge in [-0.05, 0) is 43.5 Å². The average Bonchev–Trinajstić information content (AvgIpc) is 2.52. The summed E-state index contributed by atoms with van der Waals surface area (Å²) in [6.07, 6.45) is 0. The summed E-state index contributed by atoms with van der Waals surface area (Å²) in [6, 6.07) is 2.24. The first kappa shape index (κ1) is 15.8. The zero-order chi connectivity index (χ0) is 16.3. The summed E-state index contributed by atoms with van der Waals surface area (Å²) in [6.45, 7) is 5.87. The summed E-state index contributed by atoms with van der Waals surface area (Å²) in [5, 5.41) is 0. The minimum atomic E-state index is 0.107. The van der Waals surface area contributed by atoms with Crippen LogP contribution in [0.5, 0.6) is 29.5 Å². The number of nitrogens with zero attached hydrogens (tertiary/aromatic N) is 3. The van der Waals surface area contributed by atoms with Crippen molar-refractivity contribution >= 4 is 0 Å². The Hall–Kier alpha value is -2.57. The molecule has 0 amide bonds. The second-order valence-corrected chi connectivity index (χ2v) is 4.67. The van der Waals surface area contributed by atoms with Gasteiger partial charge in [-0.3, -0.25) is 0 Å². The normalized spacial score (nSPS) is 10.3. The topological polar surface area (TPSA) is 75.6 Å². The highest BCUT2D eigenvalue weighted by Crippen LogP contribution is 2.34. The molecule has 0 saturated heterocycles.